The van der Waals surface area contributed by atoms with Crippen LogP contribution in [0.5, 0.6) is 0 Å². The Bertz CT molecular complexity index is 1040. The minimum atomic E-state index is 0.570. The molecule has 7 heteroatoms. The molecule has 0 aliphatic carbocycles. The number of guanidine groups is 1. The second-order valence-corrected chi connectivity index (χ2v) is 7.72. The Morgan fingerprint density at radius 2 is 1.82 bits per heavy atom. The first-order valence-electron chi connectivity index (χ1n) is 9.37. The van der Waals surface area contributed by atoms with Gasteiger partial charge >= 0.3 is 0 Å². The summed E-state index contributed by atoms with van der Waals surface area (Å²) in [6.07, 6.45) is 0. The number of fused-ring (bicyclic) bond motifs is 1. The fraction of sp³-hybridized carbons (Fsp3) is 0.286. The van der Waals surface area contributed by atoms with Crippen LogP contribution < -0.4 is 15.5 Å². The van der Waals surface area contributed by atoms with Crippen LogP contribution in [0, 0.1) is 20.8 Å². The molecule has 0 radical (unpaired) electrons. The summed E-state index contributed by atoms with van der Waals surface area (Å²) in [7, 11) is 0. The van der Waals surface area contributed by atoms with Crippen molar-refractivity contribution in [2.75, 3.05) is 18.7 Å². The lowest BCUT2D eigenvalue weighted by molar-refractivity contribution is -0.916. The SMILES string of the molecule is Cc1cc2nc(NC3=NC[NH+](Cc4ccc(Cl)cc4)CN3)nc(C)c2cc1C. The summed E-state index contributed by atoms with van der Waals surface area (Å²) >= 11 is 5.95. The molecule has 3 aromatic rings. The second-order valence-electron chi connectivity index (χ2n) is 7.28. The van der Waals surface area contributed by atoms with Crippen LogP contribution >= 0.6 is 11.6 Å². The van der Waals surface area contributed by atoms with E-state index in [1.807, 2.05) is 19.1 Å². The van der Waals surface area contributed by atoms with Gasteiger partial charge in [-0.15, -0.1) is 0 Å². The molecule has 0 saturated carbocycles. The number of hydrogen-bond donors (Lipinski definition) is 3. The second kappa shape index (κ2) is 7.73. The first kappa shape index (κ1) is 18.7. The molecule has 6 nitrogen and oxygen atoms in total. The highest BCUT2D eigenvalue weighted by molar-refractivity contribution is 6.30. The molecule has 0 amide bonds. The molecule has 0 saturated heterocycles. The fourth-order valence-electron chi connectivity index (χ4n) is 3.31. The summed E-state index contributed by atoms with van der Waals surface area (Å²) in [5.41, 5.74) is 5.63. The van der Waals surface area contributed by atoms with Crippen LogP contribution in [0.4, 0.5) is 5.95 Å². The van der Waals surface area contributed by atoms with Crippen LogP contribution in [0.15, 0.2) is 41.4 Å². The number of rotatable bonds is 3. The van der Waals surface area contributed by atoms with E-state index in [4.69, 9.17) is 11.6 Å². The average Bonchev–Trinajstić information content (AvgIpc) is 2.67. The number of nitrogens with zero attached hydrogens (tertiary/aromatic N) is 3. The largest absolute Gasteiger partial charge is 0.309 e. The zero-order chi connectivity index (χ0) is 19.7. The summed E-state index contributed by atoms with van der Waals surface area (Å²) in [4.78, 5) is 15.2. The molecule has 1 aromatic heterocycles. The fourth-order valence-corrected chi connectivity index (χ4v) is 3.43. The molecule has 1 aliphatic rings. The van der Waals surface area contributed by atoms with Gasteiger partial charge in [0.1, 0.15) is 6.54 Å². The predicted molar refractivity (Wildman–Crippen MR) is 114 cm³/mol. The van der Waals surface area contributed by atoms with Crippen molar-refractivity contribution in [2.45, 2.75) is 27.3 Å². The van der Waals surface area contributed by atoms with Crippen LogP contribution in [0.3, 0.4) is 0 Å². The van der Waals surface area contributed by atoms with Gasteiger partial charge in [0, 0.05) is 16.0 Å². The molecule has 1 aliphatic heterocycles. The third-order valence-electron chi connectivity index (χ3n) is 5.07. The summed E-state index contributed by atoms with van der Waals surface area (Å²) in [5.74, 6) is 1.28. The minimum absolute atomic E-state index is 0.570. The maximum absolute atomic E-state index is 5.95. The van der Waals surface area contributed by atoms with Gasteiger partial charge in [0.15, 0.2) is 13.3 Å². The number of aromatic nitrogens is 2. The van der Waals surface area contributed by atoms with Gasteiger partial charge in [-0.25, -0.2) is 9.97 Å². The highest BCUT2D eigenvalue weighted by Gasteiger charge is 2.17. The maximum Gasteiger partial charge on any atom is 0.230 e. The van der Waals surface area contributed by atoms with Crippen molar-refractivity contribution >= 4 is 34.4 Å². The third-order valence-corrected chi connectivity index (χ3v) is 5.32. The predicted octanol–water partition coefficient (Wildman–Crippen LogP) is 2.58. The van der Waals surface area contributed by atoms with Crippen LogP contribution in [0.25, 0.3) is 10.9 Å². The number of benzene rings is 2. The third kappa shape index (κ3) is 4.08. The van der Waals surface area contributed by atoms with Crippen molar-refractivity contribution in [3.8, 4) is 0 Å². The Labute approximate surface area is 169 Å². The molecular formula is C21H24ClN6+. The van der Waals surface area contributed by atoms with E-state index in [0.29, 0.717) is 18.6 Å². The molecule has 1 atom stereocenters. The van der Waals surface area contributed by atoms with Crippen LogP contribution in [0.2, 0.25) is 5.02 Å². The normalized spacial score (nSPS) is 16.6. The molecule has 28 heavy (non-hydrogen) atoms. The van der Waals surface area contributed by atoms with Crippen molar-refractivity contribution < 1.29 is 4.90 Å². The van der Waals surface area contributed by atoms with Gasteiger partial charge in [0.2, 0.25) is 11.9 Å². The highest BCUT2D eigenvalue weighted by atomic mass is 35.5. The lowest BCUT2D eigenvalue weighted by atomic mass is 10.1. The Balaban J connectivity index is 1.45. The molecule has 0 bridgehead atoms. The topological polar surface area (TPSA) is 66.6 Å². The van der Waals surface area contributed by atoms with Crippen molar-refractivity contribution in [3.63, 3.8) is 0 Å². The van der Waals surface area contributed by atoms with E-state index < -0.39 is 0 Å². The summed E-state index contributed by atoms with van der Waals surface area (Å²) in [5, 5.41) is 8.41. The van der Waals surface area contributed by atoms with Crippen molar-refractivity contribution in [2.24, 2.45) is 4.99 Å². The summed E-state index contributed by atoms with van der Waals surface area (Å²) in [6.45, 7) is 8.58. The first-order valence-corrected chi connectivity index (χ1v) is 9.75. The first-order chi connectivity index (χ1) is 13.5. The molecule has 1 unspecified atom stereocenters. The van der Waals surface area contributed by atoms with E-state index in [2.05, 4.69) is 63.7 Å². The van der Waals surface area contributed by atoms with E-state index in [0.717, 1.165) is 34.8 Å². The van der Waals surface area contributed by atoms with Crippen LogP contribution in [-0.4, -0.2) is 29.3 Å². The number of hydrogen-bond acceptors (Lipinski definition) is 5. The van der Waals surface area contributed by atoms with E-state index in [9.17, 15) is 0 Å². The van der Waals surface area contributed by atoms with Crippen molar-refractivity contribution in [1.29, 1.82) is 0 Å². The molecule has 0 fully saturated rings. The van der Waals surface area contributed by atoms with Gasteiger partial charge in [-0.1, -0.05) is 23.7 Å². The molecule has 2 heterocycles. The van der Waals surface area contributed by atoms with Crippen molar-refractivity contribution in [1.82, 2.24) is 15.3 Å². The van der Waals surface area contributed by atoms with Gasteiger partial charge in [-0.3, -0.25) is 10.2 Å². The number of aryl methyl sites for hydroxylation is 3. The number of quaternary nitrogens is 1. The Morgan fingerprint density at radius 1 is 1.07 bits per heavy atom. The molecule has 3 N–H and O–H groups in total. The zero-order valence-corrected chi connectivity index (χ0v) is 17.1. The standard InChI is InChI=1S/C21H23ClN6/c1-13-8-18-15(3)25-21(26-19(18)9-14(13)2)27-20-23-11-28(12-24-20)10-16-4-6-17(22)7-5-16/h4-9H,10-12H2,1-3H3,(H2,23,24,25,26,27)/p+1. The molecule has 4 rings (SSSR count). The van der Waals surface area contributed by atoms with E-state index >= 15 is 0 Å². The molecule has 144 valence electrons. The van der Waals surface area contributed by atoms with E-state index in [1.54, 1.807) is 0 Å². The van der Waals surface area contributed by atoms with Gasteiger partial charge in [-0.05, 0) is 56.2 Å². The number of halogens is 1. The van der Waals surface area contributed by atoms with Gasteiger partial charge in [0.05, 0.1) is 11.2 Å². The molecular weight excluding hydrogens is 372 g/mol. The molecule has 2 aromatic carbocycles. The number of nitrogens with one attached hydrogen (secondary N) is 3. The number of aliphatic imine (C=N–C) groups is 1. The van der Waals surface area contributed by atoms with Gasteiger partial charge < -0.3 is 5.32 Å². The summed E-state index contributed by atoms with van der Waals surface area (Å²) < 4.78 is 0. The smallest absolute Gasteiger partial charge is 0.230 e. The summed E-state index contributed by atoms with van der Waals surface area (Å²) in [6, 6.07) is 12.2. The van der Waals surface area contributed by atoms with E-state index in [1.165, 1.54) is 21.6 Å². The van der Waals surface area contributed by atoms with Crippen LogP contribution in [0.1, 0.15) is 22.4 Å². The van der Waals surface area contributed by atoms with Gasteiger partial charge in [-0.2, -0.15) is 4.99 Å². The van der Waals surface area contributed by atoms with Crippen molar-refractivity contribution in [3.05, 3.63) is 63.8 Å². The maximum atomic E-state index is 5.95. The average molecular weight is 396 g/mol. The lowest BCUT2D eigenvalue weighted by Crippen LogP contribution is -3.13. The Kier molecular flexibility index (Phi) is 5.15. The highest BCUT2D eigenvalue weighted by Crippen LogP contribution is 2.21. The van der Waals surface area contributed by atoms with Crippen LogP contribution in [-0.2, 0) is 6.54 Å². The monoisotopic (exact) mass is 395 g/mol. The number of anilines is 1. The molecule has 0 spiro atoms. The van der Waals surface area contributed by atoms with E-state index in [-0.39, 0.29) is 0 Å². The Hall–Kier alpha value is -2.70. The quantitative estimate of drug-likeness (QED) is 0.637. The van der Waals surface area contributed by atoms with Gasteiger partial charge in [0.25, 0.3) is 0 Å². The zero-order valence-electron chi connectivity index (χ0n) is 16.3. The Morgan fingerprint density at radius 3 is 2.54 bits per heavy atom. The lowest BCUT2D eigenvalue weighted by Gasteiger charge is -2.24. The minimum Gasteiger partial charge on any atom is -0.309 e.